The molecule has 0 aliphatic carbocycles. The van der Waals surface area contributed by atoms with Gasteiger partial charge in [0.1, 0.15) is 18.2 Å². The van der Waals surface area contributed by atoms with E-state index in [2.05, 4.69) is 41.9 Å². The molecule has 1 heterocycles. The standard InChI is InChI=1S/C21H25N3O2/c1-15-8-9-18(14-16(15)2)26-13-12-24-20-7-5-4-6-19(20)23-21(24)10-11-22-17(3)25/h4-9,14H,10-13H2,1-3H3,(H,22,25). The number of carbonyl (C=O) groups excluding carboxylic acids is 1. The third kappa shape index (κ3) is 4.23. The molecule has 3 aromatic rings. The minimum atomic E-state index is -0.0225. The van der Waals surface area contributed by atoms with Gasteiger partial charge in [0.25, 0.3) is 0 Å². The van der Waals surface area contributed by atoms with E-state index in [1.807, 2.05) is 24.3 Å². The summed E-state index contributed by atoms with van der Waals surface area (Å²) >= 11 is 0. The van der Waals surface area contributed by atoms with E-state index in [9.17, 15) is 4.79 Å². The van der Waals surface area contributed by atoms with Gasteiger partial charge in [-0.25, -0.2) is 4.98 Å². The predicted octanol–water partition coefficient (Wildman–Crippen LogP) is 3.41. The highest BCUT2D eigenvalue weighted by molar-refractivity contribution is 5.76. The lowest BCUT2D eigenvalue weighted by Crippen LogP contribution is -2.24. The van der Waals surface area contributed by atoms with Gasteiger partial charge >= 0.3 is 0 Å². The van der Waals surface area contributed by atoms with Crippen LogP contribution in [0.15, 0.2) is 42.5 Å². The van der Waals surface area contributed by atoms with Gasteiger partial charge in [0.15, 0.2) is 0 Å². The number of nitrogens with zero attached hydrogens (tertiary/aromatic N) is 2. The first-order valence-electron chi connectivity index (χ1n) is 8.93. The number of para-hydroxylation sites is 2. The van der Waals surface area contributed by atoms with Gasteiger partial charge in [-0.15, -0.1) is 0 Å². The molecule has 0 spiro atoms. The van der Waals surface area contributed by atoms with Gasteiger partial charge in [0, 0.05) is 19.9 Å². The third-order valence-corrected chi connectivity index (χ3v) is 4.52. The zero-order valence-electron chi connectivity index (χ0n) is 15.6. The SMILES string of the molecule is CC(=O)NCCc1nc2ccccc2n1CCOc1ccc(C)c(C)c1. The highest BCUT2D eigenvalue weighted by atomic mass is 16.5. The molecule has 0 bridgehead atoms. The molecule has 0 saturated carbocycles. The zero-order chi connectivity index (χ0) is 18.5. The Labute approximate surface area is 154 Å². The number of hydrogen-bond acceptors (Lipinski definition) is 3. The number of imidazole rings is 1. The van der Waals surface area contributed by atoms with E-state index < -0.39 is 0 Å². The Balaban J connectivity index is 1.72. The van der Waals surface area contributed by atoms with Gasteiger partial charge in [-0.2, -0.15) is 0 Å². The van der Waals surface area contributed by atoms with Crippen molar-refractivity contribution in [3.05, 3.63) is 59.4 Å². The average Bonchev–Trinajstić information content (AvgIpc) is 2.95. The van der Waals surface area contributed by atoms with Crippen LogP contribution in [0.25, 0.3) is 11.0 Å². The molecule has 1 amide bonds. The van der Waals surface area contributed by atoms with Crippen molar-refractivity contribution in [2.75, 3.05) is 13.2 Å². The number of fused-ring (bicyclic) bond motifs is 1. The first kappa shape index (κ1) is 18.0. The van der Waals surface area contributed by atoms with Crippen LogP contribution < -0.4 is 10.1 Å². The lowest BCUT2D eigenvalue weighted by atomic mass is 10.1. The monoisotopic (exact) mass is 351 g/mol. The summed E-state index contributed by atoms with van der Waals surface area (Å²) in [4.78, 5) is 15.8. The summed E-state index contributed by atoms with van der Waals surface area (Å²) in [7, 11) is 0. The molecule has 0 aliphatic rings. The fourth-order valence-electron chi connectivity index (χ4n) is 2.97. The van der Waals surface area contributed by atoms with Crippen molar-refractivity contribution >= 4 is 16.9 Å². The van der Waals surface area contributed by atoms with Crippen molar-refractivity contribution in [2.45, 2.75) is 33.7 Å². The van der Waals surface area contributed by atoms with Crippen LogP contribution in [0.4, 0.5) is 0 Å². The normalized spacial score (nSPS) is 10.9. The van der Waals surface area contributed by atoms with Crippen molar-refractivity contribution in [3.8, 4) is 5.75 Å². The minimum Gasteiger partial charge on any atom is -0.492 e. The van der Waals surface area contributed by atoms with Gasteiger partial charge < -0.3 is 14.6 Å². The molecule has 5 heteroatoms. The molecule has 5 nitrogen and oxygen atoms in total. The molecule has 0 fully saturated rings. The fraction of sp³-hybridized carbons (Fsp3) is 0.333. The van der Waals surface area contributed by atoms with Crippen molar-refractivity contribution in [1.82, 2.24) is 14.9 Å². The molecule has 0 saturated heterocycles. The smallest absolute Gasteiger partial charge is 0.216 e. The summed E-state index contributed by atoms with van der Waals surface area (Å²) < 4.78 is 8.12. The molecule has 1 N–H and O–H groups in total. The van der Waals surface area contributed by atoms with Crippen LogP contribution in [0.5, 0.6) is 5.75 Å². The zero-order valence-corrected chi connectivity index (χ0v) is 15.6. The second kappa shape index (κ2) is 8.04. The number of aromatic nitrogens is 2. The van der Waals surface area contributed by atoms with Crippen LogP contribution in [0.1, 0.15) is 23.9 Å². The van der Waals surface area contributed by atoms with E-state index in [1.165, 1.54) is 18.1 Å². The van der Waals surface area contributed by atoms with E-state index in [0.717, 1.165) is 22.6 Å². The number of aryl methyl sites for hydroxylation is 2. The minimum absolute atomic E-state index is 0.0225. The summed E-state index contributed by atoms with van der Waals surface area (Å²) in [5.41, 5.74) is 4.55. The van der Waals surface area contributed by atoms with Crippen molar-refractivity contribution in [3.63, 3.8) is 0 Å². The number of hydrogen-bond donors (Lipinski definition) is 1. The highest BCUT2D eigenvalue weighted by Gasteiger charge is 2.10. The van der Waals surface area contributed by atoms with Crippen LogP contribution in [0, 0.1) is 13.8 Å². The fourth-order valence-corrected chi connectivity index (χ4v) is 2.97. The lowest BCUT2D eigenvalue weighted by Gasteiger charge is -2.12. The Kier molecular flexibility index (Phi) is 5.56. The van der Waals surface area contributed by atoms with Gasteiger partial charge in [-0.1, -0.05) is 18.2 Å². The Morgan fingerprint density at radius 2 is 1.96 bits per heavy atom. The Morgan fingerprint density at radius 1 is 1.15 bits per heavy atom. The van der Waals surface area contributed by atoms with Crippen molar-refractivity contribution in [1.29, 1.82) is 0 Å². The molecule has 2 aromatic carbocycles. The highest BCUT2D eigenvalue weighted by Crippen LogP contribution is 2.18. The number of carbonyl (C=O) groups is 1. The Bertz CT molecular complexity index is 915. The van der Waals surface area contributed by atoms with Crippen LogP contribution in [0.2, 0.25) is 0 Å². The van der Waals surface area contributed by atoms with E-state index >= 15 is 0 Å². The van der Waals surface area contributed by atoms with Gasteiger partial charge in [-0.3, -0.25) is 4.79 Å². The molecule has 0 atom stereocenters. The quantitative estimate of drug-likeness (QED) is 0.710. The van der Waals surface area contributed by atoms with E-state index in [1.54, 1.807) is 0 Å². The Hall–Kier alpha value is -2.82. The van der Waals surface area contributed by atoms with Crippen LogP contribution >= 0.6 is 0 Å². The second-order valence-electron chi connectivity index (χ2n) is 6.50. The number of benzene rings is 2. The summed E-state index contributed by atoms with van der Waals surface area (Å²) in [5, 5.41) is 2.84. The number of ether oxygens (including phenoxy) is 1. The largest absolute Gasteiger partial charge is 0.492 e. The molecular formula is C21H25N3O2. The Morgan fingerprint density at radius 3 is 2.73 bits per heavy atom. The van der Waals surface area contributed by atoms with E-state index in [-0.39, 0.29) is 5.91 Å². The molecule has 0 radical (unpaired) electrons. The maximum absolute atomic E-state index is 11.1. The third-order valence-electron chi connectivity index (χ3n) is 4.52. The molecule has 136 valence electrons. The number of nitrogens with one attached hydrogen (secondary N) is 1. The van der Waals surface area contributed by atoms with Crippen LogP contribution in [0.3, 0.4) is 0 Å². The van der Waals surface area contributed by atoms with E-state index in [4.69, 9.17) is 9.72 Å². The van der Waals surface area contributed by atoms with Crippen LogP contribution in [-0.4, -0.2) is 28.6 Å². The molecular weight excluding hydrogens is 326 g/mol. The molecule has 26 heavy (non-hydrogen) atoms. The molecule has 1 aromatic heterocycles. The van der Waals surface area contributed by atoms with E-state index in [0.29, 0.717) is 26.1 Å². The molecule has 3 rings (SSSR count). The molecule has 0 aliphatic heterocycles. The average molecular weight is 351 g/mol. The summed E-state index contributed by atoms with van der Waals surface area (Å²) in [5.74, 6) is 1.83. The van der Waals surface area contributed by atoms with Gasteiger partial charge in [-0.05, 0) is 49.2 Å². The van der Waals surface area contributed by atoms with Gasteiger partial charge in [0.2, 0.25) is 5.91 Å². The lowest BCUT2D eigenvalue weighted by molar-refractivity contribution is -0.118. The van der Waals surface area contributed by atoms with Gasteiger partial charge in [0.05, 0.1) is 17.6 Å². The number of rotatable bonds is 7. The topological polar surface area (TPSA) is 56.2 Å². The maximum atomic E-state index is 11.1. The summed E-state index contributed by atoms with van der Waals surface area (Å²) in [6.45, 7) is 7.57. The molecule has 0 unspecified atom stereocenters. The van der Waals surface area contributed by atoms with Crippen molar-refractivity contribution < 1.29 is 9.53 Å². The summed E-state index contributed by atoms with van der Waals surface area (Å²) in [6.07, 6.45) is 0.692. The second-order valence-corrected chi connectivity index (χ2v) is 6.50. The number of amides is 1. The summed E-state index contributed by atoms with van der Waals surface area (Å²) in [6, 6.07) is 14.2. The van der Waals surface area contributed by atoms with Crippen molar-refractivity contribution in [2.24, 2.45) is 0 Å². The first-order valence-corrected chi connectivity index (χ1v) is 8.93. The predicted molar refractivity (Wildman–Crippen MR) is 104 cm³/mol. The first-order chi connectivity index (χ1) is 12.5. The van der Waals surface area contributed by atoms with Crippen LogP contribution in [-0.2, 0) is 17.8 Å². The maximum Gasteiger partial charge on any atom is 0.216 e.